The summed E-state index contributed by atoms with van der Waals surface area (Å²) in [6, 6.07) is -6.20. The minimum absolute atomic E-state index is 0.144. The summed E-state index contributed by atoms with van der Waals surface area (Å²) < 4.78 is 0. The molecule has 14 N–H and O–H groups in total. The molecule has 0 fully saturated rings. The van der Waals surface area contributed by atoms with Crippen LogP contribution in [0.15, 0.2) is 0 Å². The van der Waals surface area contributed by atoms with E-state index >= 15 is 0 Å². The van der Waals surface area contributed by atoms with Gasteiger partial charge >= 0.3 is 5.97 Å². The smallest absolute Gasteiger partial charge is 0.326 e. The number of carbonyl (C=O) groups excluding carboxylic acids is 7. The lowest BCUT2D eigenvalue weighted by atomic mass is 10.1. The Morgan fingerprint density at radius 3 is 1.43 bits per heavy atom. The standard InChI is InChI=1S/C18H30N8O9/c19-7(1-3-11(20)27)15(31)24-8(2-4-12(21)28)16(32)25-9(5-13(22)29)17(33)26-10(18(34)35)6-14(23)30/h7-10H,1-6,19H2,(H2,20,27)(H2,21,28)(H2,22,29)(H2,23,30)(H,24,31)(H,25,32)(H,26,33)(H,34,35)/t7-,8-,9-,10-/m0/s1. The van der Waals surface area contributed by atoms with Crippen LogP contribution in [0, 0.1) is 0 Å². The van der Waals surface area contributed by atoms with Crippen LogP contribution in [0.4, 0.5) is 0 Å². The van der Waals surface area contributed by atoms with Gasteiger partial charge in [-0.3, -0.25) is 33.6 Å². The van der Waals surface area contributed by atoms with Crippen LogP contribution in [-0.2, 0) is 38.4 Å². The van der Waals surface area contributed by atoms with Crippen molar-refractivity contribution in [2.45, 2.75) is 62.7 Å². The molecule has 17 nitrogen and oxygen atoms in total. The average Bonchev–Trinajstić information content (AvgIpc) is 2.72. The molecule has 0 unspecified atom stereocenters. The maximum Gasteiger partial charge on any atom is 0.326 e. The summed E-state index contributed by atoms with van der Waals surface area (Å²) in [6.07, 6.45) is -2.63. The molecule has 0 aromatic rings. The molecule has 0 saturated carbocycles. The fourth-order valence-electron chi connectivity index (χ4n) is 2.62. The number of carboxylic acids is 1. The predicted octanol–water partition coefficient (Wildman–Crippen LogP) is -5.87. The first kappa shape index (κ1) is 30.7. The Kier molecular flexibility index (Phi) is 13.0. The van der Waals surface area contributed by atoms with Crippen molar-refractivity contribution in [2.24, 2.45) is 28.7 Å². The van der Waals surface area contributed by atoms with Crippen molar-refractivity contribution < 1.29 is 43.5 Å². The van der Waals surface area contributed by atoms with Crippen molar-refractivity contribution >= 4 is 47.3 Å². The molecule has 0 aliphatic carbocycles. The lowest BCUT2D eigenvalue weighted by molar-refractivity contribution is -0.144. The molecule has 17 heteroatoms. The summed E-state index contributed by atoms with van der Waals surface area (Å²) in [7, 11) is 0. The number of primary amides is 4. The molecule has 4 atom stereocenters. The van der Waals surface area contributed by atoms with Gasteiger partial charge in [-0.05, 0) is 12.8 Å². The van der Waals surface area contributed by atoms with E-state index in [9.17, 15) is 38.4 Å². The highest BCUT2D eigenvalue weighted by atomic mass is 16.4. The van der Waals surface area contributed by atoms with Gasteiger partial charge in [0.25, 0.3) is 0 Å². The molecule has 35 heavy (non-hydrogen) atoms. The second-order valence-corrected chi connectivity index (χ2v) is 7.48. The van der Waals surface area contributed by atoms with Gasteiger partial charge in [0.05, 0.1) is 18.9 Å². The second-order valence-electron chi connectivity index (χ2n) is 7.48. The number of hydrogen-bond donors (Lipinski definition) is 9. The fraction of sp³-hybridized carbons (Fsp3) is 0.556. The van der Waals surface area contributed by atoms with Gasteiger partial charge in [0.15, 0.2) is 0 Å². The highest BCUT2D eigenvalue weighted by Crippen LogP contribution is 2.04. The van der Waals surface area contributed by atoms with Gasteiger partial charge in [0, 0.05) is 12.8 Å². The summed E-state index contributed by atoms with van der Waals surface area (Å²) in [5, 5.41) is 15.4. The Morgan fingerprint density at radius 2 is 0.971 bits per heavy atom. The van der Waals surface area contributed by atoms with E-state index in [1.165, 1.54) is 0 Å². The zero-order chi connectivity index (χ0) is 27.3. The number of carbonyl (C=O) groups is 8. The minimum Gasteiger partial charge on any atom is -0.480 e. The maximum atomic E-state index is 12.8. The Hall–Kier alpha value is -4.28. The third-order valence-corrected chi connectivity index (χ3v) is 4.41. The van der Waals surface area contributed by atoms with Gasteiger partial charge in [-0.25, -0.2) is 4.79 Å². The van der Waals surface area contributed by atoms with Gasteiger partial charge in [-0.15, -0.1) is 0 Å². The highest BCUT2D eigenvalue weighted by molar-refractivity contribution is 5.97. The molecule has 0 aromatic heterocycles. The molecule has 0 spiro atoms. The fourth-order valence-corrected chi connectivity index (χ4v) is 2.62. The first-order valence-electron chi connectivity index (χ1n) is 10.2. The molecule has 0 aliphatic heterocycles. The monoisotopic (exact) mass is 502 g/mol. The Balaban J connectivity index is 5.59. The third-order valence-electron chi connectivity index (χ3n) is 4.41. The van der Waals surface area contributed by atoms with E-state index in [4.69, 9.17) is 33.8 Å². The van der Waals surface area contributed by atoms with E-state index in [0.717, 1.165) is 0 Å². The number of amides is 7. The third kappa shape index (κ3) is 13.1. The number of carboxylic acid groups (broad SMARTS) is 1. The second kappa shape index (κ2) is 14.8. The first-order chi connectivity index (χ1) is 16.1. The van der Waals surface area contributed by atoms with Crippen LogP contribution in [0.3, 0.4) is 0 Å². The van der Waals surface area contributed by atoms with Crippen LogP contribution < -0.4 is 44.6 Å². The Labute approximate surface area is 198 Å². The molecular weight excluding hydrogens is 472 g/mol. The molecule has 0 saturated heterocycles. The van der Waals surface area contributed by atoms with Gasteiger partial charge in [-0.2, -0.15) is 0 Å². The van der Waals surface area contributed by atoms with E-state index in [1.807, 2.05) is 5.32 Å². The van der Waals surface area contributed by atoms with Crippen LogP contribution in [-0.4, -0.2) is 76.6 Å². The topological polar surface area (TPSA) is 323 Å². The number of aliphatic carboxylic acids is 1. The summed E-state index contributed by atoms with van der Waals surface area (Å²) in [5.74, 6) is -8.40. The SMILES string of the molecule is NC(=O)CC[C@H](NC(=O)[C@@H](N)CCC(N)=O)C(=O)N[C@@H](CC(N)=O)C(=O)N[C@@H](CC(N)=O)C(=O)O. The van der Waals surface area contributed by atoms with E-state index < -0.39 is 84.3 Å². The van der Waals surface area contributed by atoms with Crippen molar-refractivity contribution in [3.8, 4) is 0 Å². The van der Waals surface area contributed by atoms with Crippen molar-refractivity contribution in [1.82, 2.24) is 16.0 Å². The molecule has 0 bridgehead atoms. The number of nitrogens with one attached hydrogen (secondary N) is 3. The molecule has 0 aliphatic rings. The highest BCUT2D eigenvalue weighted by Gasteiger charge is 2.32. The van der Waals surface area contributed by atoms with E-state index in [0.29, 0.717) is 0 Å². The van der Waals surface area contributed by atoms with Crippen molar-refractivity contribution in [3.63, 3.8) is 0 Å². The molecule has 0 aromatic carbocycles. The number of nitrogens with two attached hydrogens (primary N) is 5. The minimum atomic E-state index is -1.76. The van der Waals surface area contributed by atoms with E-state index in [-0.39, 0.29) is 25.7 Å². The van der Waals surface area contributed by atoms with Crippen LogP contribution in [0.1, 0.15) is 38.5 Å². The van der Waals surface area contributed by atoms with E-state index in [1.54, 1.807) is 0 Å². The molecule has 0 heterocycles. The van der Waals surface area contributed by atoms with E-state index in [2.05, 4.69) is 10.6 Å². The lowest BCUT2D eigenvalue weighted by Gasteiger charge is -2.24. The molecule has 7 amide bonds. The van der Waals surface area contributed by atoms with Crippen LogP contribution >= 0.6 is 0 Å². The summed E-state index contributed by atoms with van der Waals surface area (Å²) >= 11 is 0. The van der Waals surface area contributed by atoms with Crippen molar-refractivity contribution in [2.75, 3.05) is 0 Å². The lowest BCUT2D eigenvalue weighted by Crippen LogP contribution is -2.58. The van der Waals surface area contributed by atoms with Crippen LogP contribution in [0.2, 0.25) is 0 Å². The van der Waals surface area contributed by atoms with Crippen molar-refractivity contribution in [1.29, 1.82) is 0 Å². The van der Waals surface area contributed by atoms with Gasteiger partial charge < -0.3 is 49.7 Å². The largest absolute Gasteiger partial charge is 0.480 e. The van der Waals surface area contributed by atoms with Gasteiger partial charge in [0.1, 0.15) is 18.1 Å². The zero-order valence-electron chi connectivity index (χ0n) is 18.7. The Bertz CT molecular complexity index is 863. The van der Waals surface area contributed by atoms with Crippen molar-refractivity contribution in [3.05, 3.63) is 0 Å². The summed E-state index contributed by atoms with van der Waals surface area (Å²) in [5.41, 5.74) is 25.7. The normalized spacial score (nSPS) is 13.9. The van der Waals surface area contributed by atoms with Gasteiger partial charge in [-0.1, -0.05) is 0 Å². The molecule has 0 rings (SSSR count). The number of hydrogen-bond acceptors (Lipinski definition) is 9. The maximum absolute atomic E-state index is 12.8. The number of rotatable bonds is 17. The Morgan fingerprint density at radius 1 is 0.571 bits per heavy atom. The van der Waals surface area contributed by atoms with Gasteiger partial charge in [0.2, 0.25) is 41.4 Å². The summed E-state index contributed by atoms with van der Waals surface area (Å²) in [4.78, 5) is 93.2. The first-order valence-corrected chi connectivity index (χ1v) is 10.2. The molecule has 0 radical (unpaired) electrons. The zero-order valence-corrected chi connectivity index (χ0v) is 18.7. The van der Waals surface area contributed by atoms with Crippen LogP contribution in [0.5, 0.6) is 0 Å². The quantitative estimate of drug-likeness (QED) is 0.0906. The average molecular weight is 502 g/mol. The molecular formula is C18H30N8O9. The predicted molar refractivity (Wildman–Crippen MR) is 116 cm³/mol. The van der Waals surface area contributed by atoms with Crippen LogP contribution in [0.25, 0.3) is 0 Å². The summed E-state index contributed by atoms with van der Waals surface area (Å²) in [6.45, 7) is 0. The molecule has 196 valence electrons.